The van der Waals surface area contributed by atoms with E-state index < -0.39 is 11.4 Å². The number of anilines is 2. The van der Waals surface area contributed by atoms with Gasteiger partial charge in [-0.05, 0) is 67.4 Å². The number of likely N-dealkylation sites (tertiary alicyclic amines) is 1. The molecule has 0 bridgehead atoms. The Labute approximate surface area is 251 Å². The number of benzene rings is 2. The van der Waals surface area contributed by atoms with Gasteiger partial charge in [-0.2, -0.15) is 4.98 Å². The second-order valence-electron chi connectivity index (χ2n) is 10.5. The molecule has 226 valence electrons. The van der Waals surface area contributed by atoms with Gasteiger partial charge < -0.3 is 20.1 Å². The summed E-state index contributed by atoms with van der Waals surface area (Å²) in [5, 5.41) is 6.78. The topological polar surface area (TPSA) is 116 Å². The average molecular weight is 586 g/mol. The van der Waals surface area contributed by atoms with Crippen molar-refractivity contribution in [2.75, 3.05) is 44.5 Å². The molecule has 1 aliphatic heterocycles. The van der Waals surface area contributed by atoms with Gasteiger partial charge in [-0.1, -0.05) is 37.3 Å². The molecule has 0 amide bonds. The van der Waals surface area contributed by atoms with E-state index in [1.807, 2.05) is 48.5 Å². The second kappa shape index (κ2) is 14.0. The van der Waals surface area contributed by atoms with Crippen LogP contribution >= 0.6 is 0 Å². The molecule has 5 rings (SSSR count). The van der Waals surface area contributed by atoms with Crippen LogP contribution in [0.2, 0.25) is 0 Å². The predicted octanol–water partition coefficient (Wildman–Crippen LogP) is 3.42. The summed E-state index contributed by atoms with van der Waals surface area (Å²) in [5.41, 5.74) is 1.48. The number of nitrogens with zero attached hydrogens (tertiary/aromatic N) is 5. The number of hydrogen-bond acceptors (Lipinski definition) is 9. The van der Waals surface area contributed by atoms with Gasteiger partial charge in [-0.25, -0.2) is 19.1 Å². The summed E-state index contributed by atoms with van der Waals surface area (Å²) in [7, 11) is 3.20. The fourth-order valence-corrected chi connectivity index (χ4v) is 5.44. The maximum absolute atomic E-state index is 13.8. The summed E-state index contributed by atoms with van der Waals surface area (Å²) < 4.78 is 13.2. The molecule has 4 aromatic rings. The molecule has 0 saturated carbocycles. The molecule has 2 N–H and O–H groups in total. The Morgan fingerprint density at radius 1 is 0.884 bits per heavy atom. The van der Waals surface area contributed by atoms with Gasteiger partial charge in [0, 0.05) is 30.9 Å². The highest BCUT2D eigenvalue weighted by molar-refractivity contribution is 5.46. The molecule has 2 aromatic carbocycles. The Bertz CT molecular complexity index is 1620. The van der Waals surface area contributed by atoms with Crippen molar-refractivity contribution in [3.63, 3.8) is 0 Å². The number of pyridine rings is 1. The molecule has 0 spiro atoms. The molecule has 1 unspecified atom stereocenters. The zero-order chi connectivity index (χ0) is 30.2. The Hall–Kier alpha value is -4.64. The first kappa shape index (κ1) is 29.8. The van der Waals surface area contributed by atoms with Crippen LogP contribution in [0.25, 0.3) is 0 Å². The first-order valence-corrected chi connectivity index (χ1v) is 14.6. The Morgan fingerprint density at radius 2 is 1.53 bits per heavy atom. The third-order valence-electron chi connectivity index (χ3n) is 7.89. The molecule has 1 fully saturated rings. The van der Waals surface area contributed by atoms with E-state index in [0.717, 1.165) is 53.1 Å². The molecular weight excluding hydrogens is 546 g/mol. The van der Waals surface area contributed by atoms with Gasteiger partial charge in [0.05, 0.1) is 27.3 Å². The molecule has 43 heavy (non-hydrogen) atoms. The minimum absolute atomic E-state index is 0.0875. The summed E-state index contributed by atoms with van der Waals surface area (Å²) in [4.78, 5) is 38.4. The van der Waals surface area contributed by atoms with Crippen molar-refractivity contribution in [3.05, 3.63) is 105 Å². The number of aromatic nitrogens is 4. The third-order valence-corrected chi connectivity index (χ3v) is 7.89. The Morgan fingerprint density at radius 3 is 2.16 bits per heavy atom. The van der Waals surface area contributed by atoms with Gasteiger partial charge in [-0.15, -0.1) is 0 Å². The van der Waals surface area contributed by atoms with Gasteiger partial charge in [0.1, 0.15) is 17.3 Å². The Kier molecular flexibility index (Phi) is 9.73. The molecule has 2 aromatic heterocycles. The van der Waals surface area contributed by atoms with Gasteiger partial charge in [-0.3, -0.25) is 9.47 Å². The van der Waals surface area contributed by atoms with Gasteiger partial charge in [0.2, 0.25) is 5.95 Å². The van der Waals surface area contributed by atoms with Crippen molar-refractivity contribution in [3.8, 4) is 11.5 Å². The van der Waals surface area contributed by atoms with Crippen LogP contribution in [-0.2, 0) is 19.6 Å². The number of likely N-dealkylation sites (N-methyl/N-ethyl adjacent to an activating group) is 1. The van der Waals surface area contributed by atoms with Gasteiger partial charge >= 0.3 is 11.4 Å². The zero-order valence-electron chi connectivity index (χ0n) is 25.0. The molecule has 11 heteroatoms. The smallest absolute Gasteiger partial charge is 0.355 e. The lowest BCUT2D eigenvalue weighted by molar-refractivity contribution is 0.277. The van der Waals surface area contributed by atoms with E-state index >= 15 is 0 Å². The summed E-state index contributed by atoms with van der Waals surface area (Å²) in [6.45, 7) is 5.79. The fourth-order valence-electron chi connectivity index (χ4n) is 5.44. The fraction of sp³-hybridized carbons (Fsp3) is 0.375. The maximum atomic E-state index is 13.8. The standard InChI is InChI=1S/C32H39N7O4/c1-4-37-18-6-8-26(37)20-34-29-25(7-5-17-33-29)19-35-30-36-31(40)39(22-24-11-15-28(43-3)16-12-24)32(41)38(30)21-23-9-13-27(42-2)14-10-23/h5,7,9-17,26H,4,6,8,18-22H2,1-3H3,(H,33,34)(H,35,36,40). The maximum Gasteiger partial charge on any atom is 0.355 e. The van der Waals surface area contributed by atoms with E-state index in [-0.39, 0.29) is 19.0 Å². The van der Waals surface area contributed by atoms with E-state index in [1.54, 1.807) is 32.5 Å². The summed E-state index contributed by atoms with van der Waals surface area (Å²) in [6.07, 6.45) is 4.13. The quantitative estimate of drug-likeness (QED) is 0.244. The molecule has 0 aliphatic carbocycles. The van der Waals surface area contributed by atoms with Crippen LogP contribution in [0.3, 0.4) is 0 Å². The average Bonchev–Trinajstić information content (AvgIpc) is 3.51. The minimum atomic E-state index is -0.625. The number of methoxy groups -OCH3 is 2. The molecule has 1 saturated heterocycles. The second-order valence-corrected chi connectivity index (χ2v) is 10.5. The van der Waals surface area contributed by atoms with E-state index in [2.05, 4.69) is 32.4 Å². The summed E-state index contributed by atoms with van der Waals surface area (Å²) >= 11 is 0. The van der Waals surface area contributed by atoms with E-state index in [0.29, 0.717) is 24.1 Å². The Balaban J connectivity index is 1.41. The first-order chi connectivity index (χ1) is 21.0. The van der Waals surface area contributed by atoms with Crippen molar-refractivity contribution in [1.29, 1.82) is 0 Å². The number of ether oxygens (including phenoxy) is 2. The summed E-state index contributed by atoms with van der Waals surface area (Å²) in [6, 6.07) is 19.0. The normalized spacial score (nSPS) is 14.9. The van der Waals surface area contributed by atoms with Crippen molar-refractivity contribution in [1.82, 2.24) is 24.0 Å². The highest BCUT2D eigenvalue weighted by atomic mass is 16.5. The van der Waals surface area contributed by atoms with Crippen LogP contribution in [0, 0.1) is 0 Å². The van der Waals surface area contributed by atoms with Crippen molar-refractivity contribution in [2.24, 2.45) is 0 Å². The zero-order valence-corrected chi connectivity index (χ0v) is 25.0. The van der Waals surface area contributed by atoms with Crippen molar-refractivity contribution >= 4 is 11.8 Å². The van der Waals surface area contributed by atoms with E-state index in [4.69, 9.17) is 9.47 Å². The van der Waals surface area contributed by atoms with Crippen LogP contribution in [0.5, 0.6) is 11.5 Å². The molecular formula is C32H39N7O4. The largest absolute Gasteiger partial charge is 0.497 e. The van der Waals surface area contributed by atoms with Crippen LogP contribution in [0.1, 0.15) is 36.5 Å². The van der Waals surface area contributed by atoms with Crippen molar-refractivity contribution in [2.45, 2.75) is 45.4 Å². The molecule has 0 radical (unpaired) electrons. The van der Waals surface area contributed by atoms with Crippen molar-refractivity contribution < 1.29 is 9.47 Å². The predicted molar refractivity (Wildman–Crippen MR) is 167 cm³/mol. The molecule has 1 aliphatic rings. The lowest BCUT2D eigenvalue weighted by atomic mass is 10.2. The third kappa shape index (κ3) is 7.23. The van der Waals surface area contributed by atoms with Gasteiger partial charge in [0.15, 0.2) is 0 Å². The molecule has 1 atom stereocenters. The number of nitrogens with one attached hydrogen (secondary N) is 2. The number of hydrogen-bond donors (Lipinski definition) is 2. The molecule has 3 heterocycles. The molecule has 11 nitrogen and oxygen atoms in total. The first-order valence-electron chi connectivity index (χ1n) is 14.6. The summed E-state index contributed by atoms with van der Waals surface area (Å²) in [5.74, 6) is 2.38. The van der Waals surface area contributed by atoms with E-state index in [1.165, 1.54) is 11.0 Å². The highest BCUT2D eigenvalue weighted by Gasteiger charge is 2.23. The van der Waals surface area contributed by atoms with Crippen LogP contribution in [0.4, 0.5) is 11.8 Å². The van der Waals surface area contributed by atoms with Crippen LogP contribution in [0.15, 0.2) is 76.4 Å². The highest BCUT2D eigenvalue weighted by Crippen LogP contribution is 2.20. The number of rotatable bonds is 13. The SMILES string of the molecule is CCN1CCCC1CNc1ncccc1CNc1nc(=O)n(Cc2ccc(OC)cc2)c(=O)n1Cc1ccc(OC)cc1. The lowest BCUT2D eigenvalue weighted by Gasteiger charge is -2.23. The van der Waals surface area contributed by atoms with E-state index in [9.17, 15) is 9.59 Å². The monoisotopic (exact) mass is 585 g/mol. The lowest BCUT2D eigenvalue weighted by Crippen LogP contribution is -2.43. The van der Waals surface area contributed by atoms with Crippen LogP contribution in [-0.4, -0.2) is 63.9 Å². The minimum Gasteiger partial charge on any atom is -0.497 e. The van der Waals surface area contributed by atoms with Gasteiger partial charge in [0.25, 0.3) is 0 Å². The van der Waals surface area contributed by atoms with Crippen LogP contribution < -0.4 is 31.5 Å².